The first-order valence-corrected chi connectivity index (χ1v) is 18.5. The standard InChI is InChI=1S/C51H34N2O2/c54-51(55-42-33-31-41(32-34-42)53-49-15-7-3-11-45(49)46-12-4-8-16-50(46)53)39-27-25-38(26-28-39)37-23-19-35(20-24-37)17-18-36-21-29-40(30-22-36)52-47-13-5-1-9-43(47)44-10-2-6-14-48(44)52/h1-16,19-34,45,49H. The number of esters is 1. The number of nitrogens with zero attached hydrogens (tertiary/aromatic N) is 2. The van der Waals surface area contributed by atoms with Gasteiger partial charge in [-0.1, -0.05) is 115 Å². The lowest BCUT2D eigenvalue weighted by molar-refractivity contribution is 0.0735. The number of carbonyl (C=O) groups is 1. The maximum Gasteiger partial charge on any atom is 0.343 e. The van der Waals surface area contributed by atoms with Crippen molar-refractivity contribution >= 4 is 39.1 Å². The second-order valence-corrected chi connectivity index (χ2v) is 13.9. The molecule has 55 heavy (non-hydrogen) atoms. The van der Waals surface area contributed by atoms with E-state index in [1.807, 2.05) is 60.7 Å². The summed E-state index contributed by atoms with van der Waals surface area (Å²) in [5.74, 6) is 7.07. The summed E-state index contributed by atoms with van der Waals surface area (Å²) in [5, 5.41) is 2.50. The van der Waals surface area contributed by atoms with E-state index in [0.717, 1.165) is 33.6 Å². The lowest BCUT2D eigenvalue weighted by Gasteiger charge is -2.28. The zero-order valence-electron chi connectivity index (χ0n) is 29.8. The Morgan fingerprint density at radius 3 is 1.75 bits per heavy atom. The van der Waals surface area contributed by atoms with Crippen molar-refractivity contribution in [2.24, 2.45) is 0 Å². The number of para-hydroxylation sites is 3. The van der Waals surface area contributed by atoms with Gasteiger partial charge < -0.3 is 14.2 Å². The van der Waals surface area contributed by atoms with Gasteiger partial charge in [-0.2, -0.15) is 0 Å². The Labute approximate surface area is 319 Å². The van der Waals surface area contributed by atoms with E-state index < -0.39 is 0 Å². The van der Waals surface area contributed by atoms with E-state index in [9.17, 15) is 4.79 Å². The van der Waals surface area contributed by atoms with Crippen LogP contribution in [0.25, 0.3) is 38.6 Å². The molecule has 2 heterocycles. The van der Waals surface area contributed by atoms with Crippen molar-refractivity contribution in [2.75, 3.05) is 4.90 Å². The predicted molar refractivity (Wildman–Crippen MR) is 223 cm³/mol. The van der Waals surface area contributed by atoms with Crippen molar-refractivity contribution in [1.82, 2.24) is 4.57 Å². The molecular weight excluding hydrogens is 673 g/mol. The smallest absolute Gasteiger partial charge is 0.343 e. The van der Waals surface area contributed by atoms with Crippen molar-refractivity contribution in [3.05, 3.63) is 216 Å². The Hall–Kier alpha value is -7.35. The van der Waals surface area contributed by atoms with Gasteiger partial charge in [-0.05, 0) is 108 Å². The molecule has 2 atom stereocenters. The van der Waals surface area contributed by atoms with Crippen molar-refractivity contribution in [1.29, 1.82) is 0 Å². The molecule has 2 aliphatic rings. The number of rotatable bonds is 5. The van der Waals surface area contributed by atoms with Crippen LogP contribution in [0.2, 0.25) is 0 Å². The van der Waals surface area contributed by atoms with Gasteiger partial charge in [0.25, 0.3) is 0 Å². The molecule has 0 saturated carbocycles. The molecule has 2 unspecified atom stereocenters. The van der Waals surface area contributed by atoms with E-state index >= 15 is 0 Å². The zero-order chi connectivity index (χ0) is 36.7. The second kappa shape index (κ2) is 13.6. The molecule has 8 aromatic rings. The van der Waals surface area contributed by atoms with Crippen LogP contribution in [0.5, 0.6) is 5.75 Å². The summed E-state index contributed by atoms with van der Waals surface area (Å²) in [7, 11) is 0. The molecule has 0 amide bonds. The summed E-state index contributed by atoms with van der Waals surface area (Å²) in [5.41, 5.74) is 11.5. The highest BCUT2D eigenvalue weighted by Crippen LogP contribution is 2.47. The number of allylic oxidation sites excluding steroid dienone is 2. The minimum absolute atomic E-state index is 0.223. The van der Waals surface area contributed by atoms with Gasteiger partial charge in [0.1, 0.15) is 5.75 Å². The third-order valence-electron chi connectivity index (χ3n) is 10.7. The molecule has 10 rings (SSSR count). The van der Waals surface area contributed by atoms with Crippen LogP contribution in [0.15, 0.2) is 194 Å². The molecule has 0 spiro atoms. The van der Waals surface area contributed by atoms with Gasteiger partial charge in [0.15, 0.2) is 0 Å². The lowest BCUT2D eigenvalue weighted by atomic mass is 9.91. The summed E-state index contributed by atoms with van der Waals surface area (Å²) in [6.07, 6.45) is 8.75. The highest BCUT2D eigenvalue weighted by molar-refractivity contribution is 6.09. The largest absolute Gasteiger partial charge is 0.423 e. The molecular formula is C51H34N2O2. The number of benzene rings is 7. The highest BCUT2D eigenvalue weighted by Gasteiger charge is 2.36. The quantitative estimate of drug-likeness (QED) is 0.102. The number of hydrogen-bond acceptors (Lipinski definition) is 3. The maximum absolute atomic E-state index is 13.1. The Morgan fingerprint density at radius 1 is 0.527 bits per heavy atom. The molecule has 260 valence electrons. The van der Waals surface area contributed by atoms with Gasteiger partial charge in [0.2, 0.25) is 0 Å². The van der Waals surface area contributed by atoms with E-state index in [4.69, 9.17) is 4.74 Å². The lowest BCUT2D eigenvalue weighted by Crippen LogP contribution is -2.28. The molecule has 0 saturated heterocycles. The fourth-order valence-corrected chi connectivity index (χ4v) is 8.01. The summed E-state index contributed by atoms with van der Waals surface area (Å²) < 4.78 is 8.09. The van der Waals surface area contributed by atoms with Gasteiger partial charge in [-0.3, -0.25) is 0 Å². The first kappa shape index (κ1) is 32.3. The molecule has 0 radical (unpaired) electrons. The molecule has 4 heteroatoms. The summed E-state index contributed by atoms with van der Waals surface area (Å²) >= 11 is 0. The van der Waals surface area contributed by atoms with Gasteiger partial charge in [0, 0.05) is 44.9 Å². The second-order valence-electron chi connectivity index (χ2n) is 13.9. The van der Waals surface area contributed by atoms with E-state index in [2.05, 4.69) is 155 Å². The molecule has 0 fully saturated rings. The monoisotopic (exact) mass is 706 g/mol. The van der Waals surface area contributed by atoms with Crippen LogP contribution in [0.1, 0.15) is 33.0 Å². The Morgan fingerprint density at radius 2 is 1.07 bits per heavy atom. The Balaban J connectivity index is 0.794. The van der Waals surface area contributed by atoms with Crippen LogP contribution in [0.4, 0.5) is 11.4 Å². The molecule has 4 nitrogen and oxygen atoms in total. The third-order valence-corrected chi connectivity index (χ3v) is 10.7. The van der Waals surface area contributed by atoms with E-state index in [0.29, 0.717) is 17.2 Å². The van der Waals surface area contributed by atoms with E-state index in [1.165, 1.54) is 33.1 Å². The minimum Gasteiger partial charge on any atom is -0.423 e. The fourth-order valence-electron chi connectivity index (χ4n) is 8.01. The number of fused-ring (bicyclic) bond motifs is 6. The van der Waals surface area contributed by atoms with Crippen molar-refractivity contribution in [3.8, 4) is 34.4 Å². The van der Waals surface area contributed by atoms with Crippen LogP contribution in [-0.2, 0) is 0 Å². The summed E-state index contributed by atoms with van der Waals surface area (Å²) in [6.45, 7) is 0. The topological polar surface area (TPSA) is 34.5 Å². The van der Waals surface area contributed by atoms with Crippen LogP contribution >= 0.6 is 0 Å². The zero-order valence-corrected chi connectivity index (χ0v) is 29.8. The maximum atomic E-state index is 13.1. The normalized spacial score (nSPS) is 15.4. The van der Waals surface area contributed by atoms with E-state index in [1.54, 1.807) is 0 Å². The summed E-state index contributed by atoms with van der Waals surface area (Å²) in [6, 6.07) is 57.8. The predicted octanol–water partition coefficient (Wildman–Crippen LogP) is 11.8. The van der Waals surface area contributed by atoms with E-state index in [-0.39, 0.29) is 12.0 Å². The Bertz CT molecular complexity index is 2800. The van der Waals surface area contributed by atoms with Gasteiger partial charge in [-0.15, -0.1) is 0 Å². The number of ether oxygens (including phenoxy) is 1. The molecule has 0 N–H and O–H groups in total. The molecule has 0 bridgehead atoms. The molecule has 1 aliphatic carbocycles. The summed E-state index contributed by atoms with van der Waals surface area (Å²) in [4.78, 5) is 15.5. The van der Waals surface area contributed by atoms with Crippen molar-refractivity contribution in [3.63, 3.8) is 0 Å². The number of anilines is 2. The number of carbonyl (C=O) groups excluding carboxylic acids is 1. The van der Waals surface area contributed by atoms with Crippen molar-refractivity contribution < 1.29 is 9.53 Å². The fraction of sp³-hybridized carbons (Fsp3) is 0.0392. The van der Waals surface area contributed by atoms with Crippen molar-refractivity contribution in [2.45, 2.75) is 12.0 Å². The van der Waals surface area contributed by atoms with Crippen LogP contribution in [0, 0.1) is 11.8 Å². The average Bonchev–Trinajstić information content (AvgIpc) is 3.77. The van der Waals surface area contributed by atoms with Crippen LogP contribution < -0.4 is 9.64 Å². The molecule has 7 aromatic carbocycles. The third kappa shape index (κ3) is 5.89. The van der Waals surface area contributed by atoms with Gasteiger partial charge >= 0.3 is 5.97 Å². The Kier molecular flexibility index (Phi) is 7.97. The van der Waals surface area contributed by atoms with Gasteiger partial charge in [-0.25, -0.2) is 4.79 Å². The highest BCUT2D eigenvalue weighted by atomic mass is 16.5. The van der Waals surface area contributed by atoms with Crippen LogP contribution in [-0.4, -0.2) is 16.6 Å². The first-order valence-electron chi connectivity index (χ1n) is 18.5. The average molecular weight is 707 g/mol. The number of aromatic nitrogens is 1. The SMILES string of the molecule is O=C(Oc1ccc(N2c3ccccc3C3C=CC=CC32)cc1)c1ccc(-c2ccc(C#Cc3ccc(-n4c5ccccc5c5ccccc54)cc3)cc2)cc1. The molecule has 1 aromatic heterocycles. The first-order chi connectivity index (χ1) is 27.2. The number of hydrogen-bond donors (Lipinski definition) is 0. The minimum atomic E-state index is -0.389. The molecule has 1 aliphatic heterocycles. The van der Waals surface area contributed by atoms with Crippen LogP contribution in [0.3, 0.4) is 0 Å². The van der Waals surface area contributed by atoms with Gasteiger partial charge in [0.05, 0.1) is 22.6 Å².